The number of aromatic nitrogens is 3. The van der Waals surface area contributed by atoms with Crippen LogP contribution in [0, 0.1) is 15.9 Å². The van der Waals surface area contributed by atoms with Crippen molar-refractivity contribution in [2.24, 2.45) is 0 Å². The van der Waals surface area contributed by atoms with E-state index >= 15 is 0 Å². The molecule has 0 atom stereocenters. The number of hydrogen-bond donors (Lipinski definition) is 1. The highest BCUT2D eigenvalue weighted by Gasteiger charge is 2.38. The van der Waals surface area contributed by atoms with E-state index in [2.05, 4.69) is 15.3 Å². The average molecular weight is 451 g/mol. The van der Waals surface area contributed by atoms with Crippen LogP contribution in [0.5, 0.6) is 0 Å². The number of nitro groups is 1. The summed E-state index contributed by atoms with van der Waals surface area (Å²) in [5.74, 6) is -1.35. The number of rotatable bonds is 6. The van der Waals surface area contributed by atoms with E-state index in [9.17, 15) is 32.5 Å². The lowest BCUT2D eigenvalue weighted by atomic mass is 10.1. The van der Waals surface area contributed by atoms with E-state index in [1.807, 2.05) is 0 Å². The van der Waals surface area contributed by atoms with Gasteiger partial charge >= 0.3 is 6.18 Å². The molecule has 0 bridgehead atoms. The molecule has 0 saturated heterocycles. The Morgan fingerprint density at radius 1 is 1.09 bits per heavy atom. The van der Waals surface area contributed by atoms with Crippen molar-refractivity contribution < 1.29 is 22.5 Å². The second-order valence-electron chi connectivity index (χ2n) is 6.61. The van der Waals surface area contributed by atoms with Gasteiger partial charge in [0.2, 0.25) is 0 Å². The van der Waals surface area contributed by atoms with Crippen LogP contribution in [-0.2, 0) is 19.0 Å². The molecule has 3 aromatic rings. The zero-order valence-electron chi connectivity index (χ0n) is 16.9. The number of nitrogens with one attached hydrogen (secondary N) is 1. The van der Waals surface area contributed by atoms with Crippen LogP contribution >= 0.6 is 0 Å². The van der Waals surface area contributed by atoms with Crippen LogP contribution in [0.3, 0.4) is 0 Å². The summed E-state index contributed by atoms with van der Waals surface area (Å²) in [5.41, 5.74) is -3.95. The second kappa shape index (κ2) is 8.73. The Morgan fingerprint density at radius 2 is 1.72 bits per heavy atom. The fourth-order valence-electron chi connectivity index (χ4n) is 3.23. The molecule has 1 N–H and O–H groups in total. The molecular formula is C20H17F4N5O3. The molecule has 0 aliphatic carbocycles. The van der Waals surface area contributed by atoms with Crippen molar-refractivity contribution in [2.45, 2.75) is 32.9 Å². The molecule has 0 unspecified atom stereocenters. The molecule has 8 nitrogen and oxygen atoms in total. The average Bonchev–Trinajstić information content (AvgIpc) is 2.74. The second-order valence-corrected chi connectivity index (χ2v) is 6.61. The maximum atomic E-state index is 14.6. The summed E-state index contributed by atoms with van der Waals surface area (Å²) in [6, 6.07) is 3.98. The molecule has 12 heteroatoms. The Kier molecular flexibility index (Phi) is 6.23. The van der Waals surface area contributed by atoms with Gasteiger partial charge < -0.3 is 5.32 Å². The summed E-state index contributed by atoms with van der Waals surface area (Å²) in [4.78, 5) is 31.7. The van der Waals surface area contributed by atoms with E-state index in [1.54, 1.807) is 13.8 Å². The number of pyridine rings is 1. The fourth-order valence-corrected chi connectivity index (χ4v) is 3.23. The van der Waals surface area contributed by atoms with Crippen molar-refractivity contribution in [2.75, 3.05) is 5.32 Å². The number of anilines is 2. The first-order chi connectivity index (χ1) is 15.1. The van der Waals surface area contributed by atoms with Gasteiger partial charge in [-0.1, -0.05) is 19.9 Å². The van der Waals surface area contributed by atoms with E-state index in [0.717, 1.165) is 24.3 Å². The van der Waals surface area contributed by atoms with Crippen molar-refractivity contribution >= 4 is 17.1 Å². The third-order valence-electron chi connectivity index (χ3n) is 4.69. The topological polar surface area (TPSA) is 103 Å². The van der Waals surface area contributed by atoms with E-state index in [1.165, 1.54) is 6.33 Å². The molecule has 0 spiro atoms. The minimum atomic E-state index is -5.09. The number of benzene rings is 1. The summed E-state index contributed by atoms with van der Waals surface area (Å²) in [6.07, 6.45) is -2.89. The van der Waals surface area contributed by atoms with Gasteiger partial charge in [0, 0.05) is 6.07 Å². The van der Waals surface area contributed by atoms with Crippen LogP contribution in [0.1, 0.15) is 30.9 Å². The SMILES string of the molecule is CCc1ncnc(CC)c1Nc1ccc(C(F)(F)F)n(-c2c(F)cccc2[N+](=O)[O-])c1=O. The number of alkyl halides is 3. The number of aryl methyl sites for hydroxylation is 2. The molecular weight excluding hydrogens is 434 g/mol. The number of halogens is 4. The predicted octanol–water partition coefficient (Wildman–Crippen LogP) is 4.56. The first-order valence-electron chi connectivity index (χ1n) is 9.46. The van der Waals surface area contributed by atoms with Crippen LogP contribution in [0.2, 0.25) is 0 Å². The lowest BCUT2D eigenvalue weighted by Crippen LogP contribution is -2.29. The van der Waals surface area contributed by atoms with Gasteiger partial charge in [0.25, 0.3) is 11.2 Å². The van der Waals surface area contributed by atoms with Crippen molar-refractivity contribution in [1.82, 2.24) is 14.5 Å². The summed E-state index contributed by atoms with van der Waals surface area (Å²) in [5, 5.41) is 14.1. The molecule has 0 saturated carbocycles. The molecule has 3 rings (SSSR count). The summed E-state index contributed by atoms with van der Waals surface area (Å²) in [6.45, 7) is 3.58. The maximum Gasteiger partial charge on any atom is 0.431 e. The quantitative estimate of drug-likeness (QED) is 0.335. The van der Waals surface area contributed by atoms with Gasteiger partial charge in [-0.2, -0.15) is 13.2 Å². The number of hydrogen-bond acceptors (Lipinski definition) is 6. The van der Waals surface area contributed by atoms with Crippen LogP contribution in [-0.4, -0.2) is 19.5 Å². The zero-order valence-corrected chi connectivity index (χ0v) is 16.9. The Bertz CT molecular complexity index is 1220. The Hall–Kier alpha value is -3.83. The van der Waals surface area contributed by atoms with Gasteiger partial charge in [0.05, 0.1) is 22.0 Å². The summed E-state index contributed by atoms with van der Waals surface area (Å²) in [7, 11) is 0. The zero-order chi connectivity index (χ0) is 23.6. The Balaban J connectivity index is 2.33. The van der Waals surface area contributed by atoms with E-state index in [-0.39, 0.29) is 10.3 Å². The fraction of sp³-hybridized carbons (Fsp3) is 0.250. The molecule has 0 amide bonds. The molecule has 0 fully saturated rings. The molecule has 2 aromatic heterocycles. The van der Waals surface area contributed by atoms with Crippen molar-refractivity contribution in [3.63, 3.8) is 0 Å². The van der Waals surface area contributed by atoms with Crippen molar-refractivity contribution in [3.8, 4) is 5.69 Å². The lowest BCUT2D eigenvalue weighted by molar-refractivity contribution is -0.384. The largest absolute Gasteiger partial charge is 0.431 e. The van der Waals surface area contributed by atoms with Crippen molar-refractivity contribution in [3.05, 3.63) is 80.0 Å². The lowest BCUT2D eigenvalue weighted by Gasteiger charge is -2.19. The monoisotopic (exact) mass is 451 g/mol. The molecule has 2 heterocycles. The molecule has 0 aliphatic heterocycles. The van der Waals surface area contributed by atoms with Crippen LogP contribution in [0.15, 0.2) is 41.5 Å². The van der Waals surface area contributed by atoms with E-state index < -0.39 is 39.5 Å². The highest BCUT2D eigenvalue weighted by atomic mass is 19.4. The van der Waals surface area contributed by atoms with Crippen molar-refractivity contribution in [1.29, 1.82) is 0 Å². The molecule has 0 radical (unpaired) electrons. The molecule has 0 aliphatic rings. The van der Waals surface area contributed by atoms with Gasteiger partial charge in [-0.15, -0.1) is 0 Å². The Labute approximate surface area is 178 Å². The van der Waals surface area contributed by atoms with Gasteiger partial charge in [-0.3, -0.25) is 19.5 Å². The summed E-state index contributed by atoms with van der Waals surface area (Å²) < 4.78 is 55.6. The van der Waals surface area contributed by atoms with E-state index in [4.69, 9.17) is 0 Å². The minimum Gasteiger partial charge on any atom is -0.348 e. The van der Waals surface area contributed by atoms with Gasteiger partial charge in [-0.05, 0) is 31.0 Å². The third-order valence-corrected chi connectivity index (χ3v) is 4.69. The Morgan fingerprint density at radius 3 is 2.25 bits per heavy atom. The number of para-hydroxylation sites is 1. The highest BCUT2D eigenvalue weighted by molar-refractivity contribution is 5.65. The van der Waals surface area contributed by atoms with Crippen LogP contribution in [0.4, 0.5) is 34.6 Å². The third kappa shape index (κ3) is 4.15. The minimum absolute atomic E-state index is 0.0309. The highest BCUT2D eigenvalue weighted by Crippen LogP contribution is 2.34. The van der Waals surface area contributed by atoms with Crippen LogP contribution < -0.4 is 10.9 Å². The molecule has 1 aromatic carbocycles. The standard InChI is InChI=1S/C20H17F4N5O3/c1-3-12-17(13(4-2)26-10-25-12)27-14-8-9-16(20(22,23)24)28(19(14)30)18-11(21)6-5-7-15(18)29(31)32/h5-10,27H,3-4H2,1-2H3. The maximum absolute atomic E-state index is 14.6. The smallest absolute Gasteiger partial charge is 0.348 e. The van der Waals surface area contributed by atoms with Gasteiger partial charge in [0.1, 0.15) is 17.7 Å². The summed E-state index contributed by atoms with van der Waals surface area (Å²) >= 11 is 0. The first-order valence-corrected chi connectivity index (χ1v) is 9.46. The van der Waals surface area contributed by atoms with Gasteiger partial charge in [0.15, 0.2) is 11.5 Å². The van der Waals surface area contributed by atoms with E-state index in [0.29, 0.717) is 36.0 Å². The first kappa shape index (κ1) is 22.8. The van der Waals surface area contributed by atoms with Crippen LogP contribution in [0.25, 0.3) is 5.69 Å². The van der Waals surface area contributed by atoms with Gasteiger partial charge in [-0.25, -0.2) is 14.4 Å². The molecule has 168 valence electrons. The number of nitrogens with zero attached hydrogens (tertiary/aromatic N) is 4. The normalized spacial score (nSPS) is 11.4. The molecule has 32 heavy (non-hydrogen) atoms. The number of nitro benzene ring substituents is 1. The predicted molar refractivity (Wildman–Crippen MR) is 108 cm³/mol.